The first-order valence-corrected chi connectivity index (χ1v) is 10.7. The van der Waals surface area contributed by atoms with E-state index >= 15 is 0 Å². The van der Waals surface area contributed by atoms with Gasteiger partial charge in [-0.25, -0.2) is 9.67 Å². The van der Waals surface area contributed by atoms with Crippen molar-refractivity contribution in [2.24, 2.45) is 0 Å². The third kappa shape index (κ3) is 4.09. The molecule has 10 nitrogen and oxygen atoms in total. The number of pyridine rings is 1. The van der Waals surface area contributed by atoms with Crippen molar-refractivity contribution in [2.75, 3.05) is 12.4 Å². The number of hydrogen-bond acceptors (Lipinski definition) is 8. The Labute approximate surface area is 184 Å². The zero-order chi connectivity index (χ0) is 21.9. The molecule has 0 aliphatic heterocycles. The number of anilines is 1. The van der Waals surface area contributed by atoms with Gasteiger partial charge in [-0.2, -0.15) is 19.7 Å². The molecule has 4 aromatic heterocycles. The molecule has 0 saturated heterocycles. The molecule has 10 heteroatoms. The highest BCUT2D eigenvalue weighted by molar-refractivity contribution is 5.57. The topological polar surface area (TPSA) is 112 Å². The number of hydrogen-bond donors (Lipinski definition) is 1. The van der Waals surface area contributed by atoms with Gasteiger partial charge in [-0.15, -0.1) is 0 Å². The first kappa shape index (κ1) is 20.3. The molecule has 4 aromatic rings. The summed E-state index contributed by atoms with van der Waals surface area (Å²) in [5.74, 6) is 1.39. The van der Waals surface area contributed by atoms with E-state index in [2.05, 4.69) is 30.5 Å². The van der Waals surface area contributed by atoms with Crippen LogP contribution in [0.4, 0.5) is 5.82 Å². The van der Waals surface area contributed by atoms with E-state index in [9.17, 15) is 4.79 Å². The van der Waals surface area contributed by atoms with Crippen molar-refractivity contribution in [2.45, 2.75) is 44.4 Å². The third-order valence-corrected chi connectivity index (χ3v) is 5.79. The molecule has 164 valence electrons. The van der Waals surface area contributed by atoms with E-state index in [1.807, 2.05) is 18.2 Å². The lowest BCUT2D eigenvalue weighted by Crippen LogP contribution is -2.33. The van der Waals surface area contributed by atoms with E-state index in [0.717, 1.165) is 48.5 Å². The van der Waals surface area contributed by atoms with Gasteiger partial charge in [0, 0.05) is 43.2 Å². The van der Waals surface area contributed by atoms with Crippen molar-refractivity contribution < 1.29 is 4.74 Å². The minimum Gasteiger partial charge on any atom is -0.378 e. The Hall–Kier alpha value is -3.66. The molecule has 0 aromatic carbocycles. The van der Waals surface area contributed by atoms with Crippen LogP contribution in [0.1, 0.15) is 37.4 Å². The highest BCUT2D eigenvalue weighted by Crippen LogP contribution is 2.29. The summed E-state index contributed by atoms with van der Waals surface area (Å²) in [6.07, 6.45) is 8.50. The van der Waals surface area contributed by atoms with E-state index in [4.69, 9.17) is 4.74 Å². The highest BCUT2D eigenvalue weighted by atomic mass is 16.5. The van der Waals surface area contributed by atoms with Crippen LogP contribution in [0.5, 0.6) is 0 Å². The second-order valence-corrected chi connectivity index (χ2v) is 7.92. The minimum absolute atomic E-state index is 0.0677. The van der Waals surface area contributed by atoms with Gasteiger partial charge in [-0.3, -0.25) is 9.78 Å². The van der Waals surface area contributed by atoms with E-state index in [0.29, 0.717) is 12.4 Å². The maximum Gasteiger partial charge on any atom is 0.267 e. The molecule has 0 bridgehead atoms. The summed E-state index contributed by atoms with van der Waals surface area (Å²) < 4.78 is 8.57. The number of nitrogens with one attached hydrogen (secondary N) is 1. The summed E-state index contributed by atoms with van der Waals surface area (Å²) in [5, 5.41) is 12.5. The SMILES string of the molecule is COCc1cc(NC2CCC(n3nc(-c4ccncc4)ccc3=O)CC2)n2ncnc2n1. The maximum atomic E-state index is 12.5. The second-order valence-electron chi connectivity index (χ2n) is 7.92. The van der Waals surface area contributed by atoms with Crippen molar-refractivity contribution in [3.05, 3.63) is 65.1 Å². The molecule has 0 atom stereocenters. The Bertz CT molecular complexity index is 1260. The summed E-state index contributed by atoms with van der Waals surface area (Å²) in [6.45, 7) is 0.410. The van der Waals surface area contributed by atoms with Crippen LogP contribution in [0.3, 0.4) is 0 Å². The lowest BCUT2D eigenvalue weighted by molar-refractivity contribution is 0.181. The maximum absolute atomic E-state index is 12.5. The van der Waals surface area contributed by atoms with Gasteiger partial charge in [0.25, 0.3) is 11.3 Å². The Morgan fingerprint density at radius 2 is 1.94 bits per heavy atom. The lowest BCUT2D eigenvalue weighted by Gasteiger charge is -2.30. The minimum atomic E-state index is -0.0677. The monoisotopic (exact) mass is 432 g/mol. The van der Waals surface area contributed by atoms with Crippen molar-refractivity contribution in [1.29, 1.82) is 0 Å². The number of fused-ring (bicyclic) bond motifs is 1. The van der Waals surface area contributed by atoms with Crippen LogP contribution in [0.15, 0.2) is 53.8 Å². The summed E-state index contributed by atoms with van der Waals surface area (Å²) in [5.41, 5.74) is 2.46. The fourth-order valence-electron chi connectivity index (χ4n) is 4.22. The Kier molecular flexibility index (Phi) is 5.59. The molecule has 0 amide bonds. The second kappa shape index (κ2) is 8.83. The van der Waals surface area contributed by atoms with Gasteiger partial charge >= 0.3 is 0 Å². The number of aromatic nitrogens is 7. The molecule has 4 heterocycles. The van der Waals surface area contributed by atoms with Crippen molar-refractivity contribution in [3.63, 3.8) is 0 Å². The summed E-state index contributed by atoms with van der Waals surface area (Å²) in [7, 11) is 1.64. The van der Waals surface area contributed by atoms with Gasteiger partial charge < -0.3 is 10.1 Å². The van der Waals surface area contributed by atoms with Gasteiger partial charge in [0.05, 0.1) is 24.0 Å². The summed E-state index contributed by atoms with van der Waals surface area (Å²) >= 11 is 0. The van der Waals surface area contributed by atoms with Gasteiger partial charge in [-0.1, -0.05) is 0 Å². The number of methoxy groups -OCH3 is 1. The van der Waals surface area contributed by atoms with E-state index < -0.39 is 0 Å². The molecular weight excluding hydrogens is 408 g/mol. The average Bonchev–Trinajstić information content (AvgIpc) is 3.30. The highest BCUT2D eigenvalue weighted by Gasteiger charge is 2.25. The van der Waals surface area contributed by atoms with Crippen molar-refractivity contribution in [3.8, 4) is 11.3 Å². The van der Waals surface area contributed by atoms with Gasteiger partial charge in [0.1, 0.15) is 12.1 Å². The van der Waals surface area contributed by atoms with Crippen LogP contribution in [-0.2, 0) is 11.3 Å². The molecular formula is C22H24N8O2. The van der Waals surface area contributed by atoms with Crippen LogP contribution in [0, 0.1) is 0 Å². The Morgan fingerprint density at radius 1 is 1.12 bits per heavy atom. The first-order valence-electron chi connectivity index (χ1n) is 10.7. The van der Waals surface area contributed by atoms with Crippen molar-refractivity contribution >= 4 is 11.6 Å². The Balaban J connectivity index is 1.31. The molecule has 1 fully saturated rings. The molecule has 32 heavy (non-hydrogen) atoms. The fraction of sp³-hybridized carbons (Fsp3) is 0.364. The van der Waals surface area contributed by atoms with Crippen LogP contribution >= 0.6 is 0 Å². The standard InChI is InChI=1S/C22H24N8O2/c1-32-13-17-12-20(30-22(27-17)24-14-25-30)26-16-2-4-18(5-3-16)29-21(31)7-6-19(28-29)15-8-10-23-11-9-15/h6-12,14,16,18,26H,2-5,13H2,1H3. The summed E-state index contributed by atoms with van der Waals surface area (Å²) in [4.78, 5) is 25.2. The van der Waals surface area contributed by atoms with Crippen LogP contribution in [0.2, 0.25) is 0 Å². The molecule has 0 unspecified atom stereocenters. The van der Waals surface area contributed by atoms with E-state index in [1.54, 1.807) is 40.8 Å². The smallest absolute Gasteiger partial charge is 0.267 e. The van der Waals surface area contributed by atoms with Crippen LogP contribution < -0.4 is 10.9 Å². The molecule has 1 saturated carbocycles. The van der Waals surface area contributed by atoms with E-state index in [1.165, 1.54) is 6.33 Å². The van der Waals surface area contributed by atoms with Gasteiger partial charge in [-0.05, 0) is 43.9 Å². The number of nitrogens with zero attached hydrogens (tertiary/aromatic N) is 7. The van der Waals surface area contributed by atoms with E-state index in [-0.39, 0.29) is 17.6 Å². The third-order valence-electron chi connectivity index (χ3n) is 5.79. The molecule has 1 aliphatic rings. The Morgan fingerprint density at radius 3 is 2.72 bits per heavy atom. The molecule has 1 N–H and O–H groups in total. The summed E-state index contributed by atoms with van der Waals surface area (Å²) in [6, 6.07) is 9.45. The normalized spacial score (nSPS) is 18.7. The number of rotatable bonds is 6. The molecule has 0 radical (unpaired) electrons. The number of ether oxygens (including phenoxy) is 1. The zero-order valence-corrected chi connectivity index (χ0v) is 17.8. The largest absolute Gasteiger partial charge is 0.378 e. The predicted molar refractivity (Wildman–Crippen MR) is 118 cm³/mol. The van der Waals surface area contributed by atoms with Gasteiger partial charge in [0.15, 0.2) is 0 Å². The lowest BCUT2D eigenvalue weighted by atomic mass is 9.91. The molecule has 5 rings (SSSR count). The van der Waals surface area contributed by atoms with Gasteiger partial charge in [0.2, 0.25) is 0 Å². The quantitative estimate of drug-likeness (QED) is 0.495. The average molecular weight is 432 g/mol. The first-order chi connectivity index (χ1) is 15.7. The molecule has 0 spiro atoms. The molecule has 1 aliphatic carbocycles. The van der Waals surface area contributed by atoms with Crippen molar-refractivity contribution in [1.82, 2.24) is 34.3 Å². The van der Waals surface area contributed by atoms with Crippen LogP contribution in [0.25, 0.3) is 17.0 Å². The predicted octanol–water partition coefficient (Wildman–Crippen LogP) is 2.49. The van der Waals surface area contributed by atoms with Crippen LogP contribution in [-0.4, -0.2) is 47.5 Å². The zero-order valence-electron chi connectivity index (χ0n) is 17.8. The fourth-order valence-corrected chi connectivity index (χ4v) is 4.22.